The summed E-state index contributed by atoms with van der Waals surface area (Å²) in [5.74, 6) is 3.23. The number of fused-ring (bicyclic) bond motifs is 1. The summed E-state index contributed by atoms with van der Waals surface area (Å²) >= 11 is 3.40. The third kappa shape index (κ3) is 3.77. The maximum atomic E-state index is 15.0. The van der Waals surface area contributed by atoms with Crippen molar-refractivity contribution in [3.05, 3.63) is 58.1 Å². The number of rotatable bonds is 4. The maximum Gasteiger partial charge on any atom is 0.323 e. The molecule has 1 N–H and O–H groups in total. The van der Waals surface area contributed by atoms with Crippen LogP contribution in [-0.4, -0.2) is 19.1 Å². The molecule has 2 amide bonds. The fourth-order valence-corrected chi connectivity index (χ4v) is 3.86. The molecule has 2 aliphatic rings. The number of alkyl halides is 2. The number of urea groups is 1. The van der Waals surface area contributed by atoms with Crippen LogP contribution in [0.1, 0.15) is 30.9 Å². The molecule has 1 fully saturated rings. The van der Waals surface area contributed by atoms with E-state index in [1.807, 2.05) is 12.1 Å². The van der Waals surface area contributed by atoms with Crippen LogP contribution < -0.4 is 15.0 Å². The SMILES string of the molecule is COc1ccc(CN2C(=O)NC(C#CC3CC3)(C(C)(F)F)c3ccc(Br)cc32)cc1. The second-order valence-electron chi connectivity index (χ2n) is 7.71. The largest absolute Gasteiger partial charge is 0.497 e. The van der Waals surface area contributed by atoms with Crippen LogP contribution in [0, 0.1) is 17.8 Å². The summed E-state index contributed by atoms with van der Waals surface area (Å²) in [6.45, 7) is 1.03. The van der Waals surface area contributed by atoms with Crippen LogP contribution in [0.25, 0.3) is 0 Å². The van der Waals surface area contributed by atoms with Gasteiger partial charge in [-0.15, -0.1) is 0 Å². The number of ether oxygens (including phenoxy) is 1. The Labute approximate surface area is 182 Å². The molecule has 1 aliphatic carbocycles. The van der Waals surface area contributed by atoms with Gasteiger partial charge in [0.25, 0.3) is 5.92 Å². The molecule has 156 valence electrons. The Morgan fingerprint density at radius 1 is 1.27 bits per heavy atom. The van der Waals surface area contributed by atoms with Gasteiger partial charge < -0.3 is 10.1 Å². The first-order valence-electron chi connectivity index (χ1n) is 9.67. The fourth-order valence-electron chi connectivity index (χ4n) is 3.51. The number of halogens is 3. The lowest BCUT2D eigenvalue weighted by molar-refractivity contribution is -0.0471. The number of anilines is 1. The molecule has 0 spiro atoms. The Morgan fingerprint density at radius 3 is 2.57 bits per heavy atom. The van der Waals surface area contributed by atoms with E-state index in [2.05, 4.69) is 33.1 Å². The molecule has 2 aromatic carbocycles. The molecule has 1 saturated carbocycles. The summed E-state index contributed by atoms with van der Waals surface area (Å²) in [5, 5.41) is 2.54. The van der Waals surface area contributed by atoms with E-state index in [-0.39, 0.29) is 12.5 Å². The molecule has 2 aromatic rings. The summed E-state index contributed by atoms with van der Waals surface area (Å²) in [6.07, 6.45) is 1.81. The molecule has 0 radical (unpaired) electrons. The molecular formula is C23H21BrF2N2O2. The van der Waals surface area contributed by atoms with Gasteiger partial charge in [-0.2, -0.15) is 0 Å². The van der Waals surface area contributed by atoms with Crippen molar-refractivity contribution in [2.75, 3.05) is 12.0 Å². The monoisotopic (exact) mass is 474 g/mol. The quantitative estimate of drug-likeness (QED) is 0.598. The number of carbonyl (C=O) groups is 1. The average molecular weight is 475 g/mol. The molecule has 1 unspecified atom stereocenters. The Morgan fingerprint density at radius 2 is 1.97 bits per heavy atom. The van der Waals surface area contributed by atoms with Crippen molar-refractivity contribution in [1.82, 2.24) is 5.32 Å². The molecule has 30 heavy (non-hydrogen) atoms. The third-order valence-corrected chi connectivity index (χ3v) is 5.89. The highest BCUT2D eigenvalue weighted by Gasteiger charge is 2.56. The first-order valence-corrected chi connectivity index (χ1v) is 10.5. The number of hydrogen-bond acceptors (Lipinski definition) is 2. The Hall–Kier alpha value is -2.59. The number of methoxy groups -OCH3 is 1. The van der Waals surface area contributed by atoms with Crippen molar-refractivity contribution < 1.29 is 18.3 Å². The predicted octanol–water partition coefficient (Wildman–Crippen LogP) is 5.45. The van der Waals surface area contributed by atoms with Crippen LogP contribution in [0.15, 0.2) is 46.9 Å². The lowest BCUT2D eigenvalue weighted by atomic mass is 9.81. The van der Waals surface area contributed by atoms with Gasteiger partial charge in [0.1, 0.15) is 5.75 Å². The van der Waals surface area contributed by atoms with E-state index in [4.69, 9.17) is 4.74 Å². The minimum absolute atomic E-state index is 0.123. The number of nitrogens with one attached hydrogen (secondary N) is 1. The van der Waals surface area contributed by atoms with E-state index in [0.717, 1.165) is 25.3 Å². The minimum atomic E-state index is -3.28. The molecule has 1 atom stereocenters. The van der Waals surface area contributed by atoms with Crippen molar-refractivity contribution >= 4 is 27.6 Å². The van der Waals surface area contributed by atoms with Gasteiger partial charge in [-0.05, 0) is 42.7 Å². The first kappa shape index (κ1) is 20.7. The lowest BCUT2D eigenvalue weighted by Crippen LogP contribution is -2.62. The number of benzene rings is 2. The van der Waals surface area contributed by atoms with Crippen molar-refractivity contribution in [2.45, 2.75) is 37.8 Å². The van der Waals surface area contributed by atoms with E-state index in [1.54, 1.807) is 37.4 Å². The highest BCUT2D eigenvalue weighted by molar-refractivity contribution is 9.10. The van der Waals surface area contributed by atoms with Crippen LogP contribution in [0.5, 0.6) is 5.75 Å². The standard InChI is InChI=1S/C23H21BrF2N2O2/c1-22(25,26)23(12-11-15-3-4-15)19-10-7-17(24)13-20(19)28(21(29)27-23)14-16-5-8-18(30-2)9-6-16/h5-10,13,15H,3-4,14H2,1-2H3,(H,27,29). The molecular weight excluding hydrogens is 454 g/mol. The van der Waals surface area contributed by atoms with E-state index >= 15 is 0 Å². The van der Waals surface area contributed by atoms with E-state index < -0.39 is 17.5 Å². The number of hydrogen-bond donors (Lipinski definition) is 1. The molecule has 1 heterocycles. The van der Waals surface area contributed by atoms with Crippen LogP contribution in [-0.2, 0) is 12.1 Å². The van der Waals surface area contributed by atoms with Gasteiger partial charge in [0, 0.05) is 22.9 Å². The van der Waals surface area contributed by atoms with E-state index in [1.165, 1.54) is 4.90 Å². The summed E-state index contributed by atoms with van der Waals surface area (Å²) in [6, 6.07) is 11.7. The van der Waals surface area contributed by atoms with Crippen LogP contribution >= 0.6 is 15.9 Å². The van der Waals surface area contributed by atoms with Crippen molar-refractivity contribution in [3.8, 4) is 17.6 Å². The Kier molecular flexibility index (Phi) is 5.23. The number of carbonyl (C=O) groups excluding carboxylic acids is 1. The molecule has 0 saturated heterocycles. The molecule has 4 rings (SSSR count). The molecule has 7 heteroatoms. The van der Waals surface area contributed by atoms with E-state index in [9.17, 15) is 13.6 Å². The second kappa shape index (κ2) is 7.59. The average Bonchev–Trinajstić information content (AvgIpc) is 3.53. The zero-order chi connectivity index (χ0) is 21.5. The molecule has 0 aromatic heterocycles. The summed E-state index contributed by atoms with van der Waals surface area (Å²) in [7, 11) is 1.58. The normalized spacial score (nSPS) is 20.7. The highest BCUT2D eigenvalue weighted by atomic mass is 79.9. The topological polar surface area (TPSA) is 41.6 Å². The van der Waals surface area contributed by atoms with Crippen molar-refractivity contribution in [1.29, 1.82) is 0 Å². The van der Waals surface area contributed by atoms with Crippen molar-refractivity contribution in [3.63, 3.8) is 0 Å². The number of nitrogens with zero attached hydrogens (tertiary/aromatic N) is 1. The highest BCUT2D eigenvalue weighted by Crippen LogP contribution is 2.46. The lowest BCUT2D eigenvalue weighted by Gasteiger charge is -2.43. The summed E-state index contributed by atoms with van der Waals surface area (Å²) in [5.41, 5.74) is -0.522. The molecule has 0 bridgehead atoms. The van der Waals surface area contributed by atoms with Crippen molar-refractivity contribution in [2.24, 2.45) is 5.92 Å². The Balaban J connectivity index is 1.80. The van der Waals surface area contributed by atoms with Gasteiger partial charge in [0.05, 0.1) is 19.3 Å². The predicted molar refractivity (Wildman–Crippen MR) is 115 cm³/mol. The minimum Gasteiger partial charge on any atom is -0.497 e. The molecule has 4 nitrogen and oxygen atoms in total. The maximum absolute atomic E-state index is 15.0. The summed E-state index contributed by atoms with van der Waals surface area (Å²) in [4.78, 5) is 14.6. The van der Waals surface area contributed by atoms with E-state index in [0.29, 0.717) is 21.5 Å². The van der Waals surface area contributed by atoms with Gasteiger partial charge in [-0.3, -0.25) is 4.90 Å². The second-order valence-corrected chi connectivity index (χ2v) is 8.62. The zero-order valence-electron chi connectivity index (χ0n) is 16.6. The van der Waals surface area contributed by atoms with Gasteiger partial charge in [0.15, 0.2) is 5.54 Å². The summed E-state index contributed by atoms with van der Waals surface area (Å²) < 4.78 is 35.8. The van der Waals surface area contributed by atoms with Gasteiger partial charge in [-0.1, -0.05) is 46.0 Å². The smallest absolute Gasteiger partial charge is 0.323 e. The first-order chi connectivity index (χ1) is 14.2. The fraction of sp³-hybridized carbons (Fsp3) is 0.348. The van der Waals surface area contributed by atoms with Crippen LogP contribution in [0.2, 0.25) is 0 Å². The van der Waals surface area contributed by atoms with Gasteiger partial charge >= 0.3 is 6.03 Å². The van der Waals surface area contributed by atoms with Crippen LogP contribution in [0.3, 0.4) is 0 Å². The van der Waals surface area contributed by atoms with Crippen LogP contribution in [0.4, 0.5) is 19.3 Å². The zero-order valence-corrected chi connectivity index (χ0v) is 18.2. The van der Waals surface area contributed by atoms with Gasteiger partial charge in [0.2, 0.25) is 0 Å². The number of amides is 2. The third-order valence-electron chi connectivity index (χ3n) is 5.39. The molecule has 1 aliphatic heterocycles. The Bertz CT molecular complexity index is 1040. The van der Waals surface area contributed by atoms with Gasteiger partial charge in [-0.25, -0.2) is 13.6 Å².